The van der Waals surface area contributed by atoms with Gasteiger partial charge in [-0.25, -0.2) is 0 Å². The Balaban J connectivity index is 1.72. The molecule has 0 radical (unpaired) electrons. The molecule has 0 spiro atoms. The van der Waals surface area contributed by atoms with Crippen LogP contribution in [0.15, 0.2) is 48.5 Å². The molecule has 140 valence electrons. The molecule has 0 bridgehead atoms. The first-order valence-corrected chi connectivity index (χ1v) is 8.92. The average Bonchev–Trinajstić information content (AvgIpc) is 2.68. The number of likely N-dealkylation sites (tertiary alicyclic amines) is 1. The molecule has 8 heteroatoms. The minimum absolute atomic E-state index is 0.0787. The number of para-hydroxylation sites is 1. The molecule has 2 amide bonds. The van der Waals surface area contributed by atoms with Crippen LogP contribution < -0.4 is 5.32 Å². The van der Waals surface area contributed by atoms with Crippen LogP contribution in [0, 0.1) is 16.0 Å². The molecule has 0 aromatic heterocycles. The van der Waals surface area contributed by atoms with Crippen molar-refractivity contribution in [2.24, 2.45) is 5.92 Å². The summed E-state index contributed by atoms with van der Waals surface area (Å²) in [4.78, 5) is 37.3. The smallest absolute Gasteiger partial charge is 0.270 e. The molecule has 1 saturated heterocycles. The van der Waals surface area contributed by atoms with Gasteiger partial charge in [-0.05, 0) is 31.0 Å². The zero-order valence-corrected chi connectivity index (χ0v) is 15.2. The number of carbonyl (C=O) groups excluding carboxylic acids is 2. The predicted molar refractivity (Wildman–Crippen MR) is 102 cm³/mol. The van der Waals surface area contributed by atoms with E-state index in [1.807, 2.05) is 18.2 Å². The highest BCUT2D eigenvalue weighted by Gasteiger charge is 2.30. The van der Waals surface area contributed by atoms with Crippen molar-refractivity contribution in [3.8, 4) is 0 Å². The number of carbonyl (C=O) groups is 2. The van der Waals surface area contributed by atoms with Crippen molar-refractivity contribution >= 4 is 34.8 Å². The molecular formula is C19H18ClN3O4. The number of benzene rings is 2. The van der Waals surface area contributed by atoms with E-state index in [4.69, 9.17) is 11.6 Å². The van der Waals surface area contributed by atoms with Crippen LogP contribution >= 0.6 is 11.6 Å². The summed E-state index contributed by atoms with van der Waals surface area (Å²) in [6.45, 7) is 0.726. The molecule has 2 aromatic rings. The minimum Gasteiger partial charge on any atom is -0.338 e. The molecule has 1 heterocycles. The maximum absolute atomic E-state index is 12.8. The lowest BCUT2D eigenvalue weighted by atomic mass is 9.96. The second-order valence-electron chi connectivity index (χ2n) is 6.37. The van der Waals surface area contributed by atoms with Crippen LogP contribution in [-0.4, -0.2) is 34.7 Å². The summed E-state index contributed by atoms with van der Waals surface area (Å²) in [5.74, 6) is -0.898. The number of halogens is 1. The number of hydrogen-bond acceptors (Lipinski definition) is 4. The van der Waals surface area contributed by atoms with Gasteiger partial charge in [0, 0.05) is 30.9 Å². The van der Waals surface area contributed by atoms with Crippen molar-refractivity contribution < 1.29 is 14.5 Å². The van der Waals surface area contributed by atoms with Crippen LogP contribution in [0.3, 0.4) is 0 Å². The summed E-state index contributed by atoms with van der Waals surface area (Å²) in [5, 5.41) is 14.0. The van der Waals surface area contributed by atoms with Crippen LogP contribution in [0.25, 0.3) is 0 Å². The highest BCUT2D eigenvalue weighted by molar-refractivity contribution is 6.34. The number of nitrogens with zero attached hydrogens (tertiary/aromatic N) is 2. The van der Waals surface area contributed by atoms with E-state index < -0.39 is 10.8 Å². The van der Waals surface area contributed by atoms with Crippen molar-refractivity contribution in [3.05, 3.63) is 69.2 Å². The van der Waals surface area contributed by atoms with E-state index in [9.17, 15) is 19.7 Å². The zero-order chi connectivity index (χ0) is 19.4. The first kappa shape index (κ1) is 18.8. The van der Waals surface area contributed by atoms with Gasteiger partial charge in [0.2, 0.25) is 5.91 Å². The quantitative estimate of drug-likeness (QED) is 0.638. The summed E-state index contributed by atoms with van der Waals surface area (Å²) in [6.07, 6.45) is 1.34. The summed E-state index contributed by atoms with van der Waals surface area (Å²) in [7, 11) is 0. The third kappa shape index (κ3) is 4.43. The fourth-order valence-electron chi connectivity index (χ4n) is 3.10. The molecule has 0 saturated carbocycles. The largest absolute Gasteiger partial charge is 0.338 e. The molecule has 7 nitrogen and oxygen atoms in total. The fourth-order valence-corrected chi connectivity index (χ4v) is 3.30. The maximum atomic E-state index is 12.8. The molecular weight excluding hydrogens is 370 g/mol. The fraction of sp³-hybridized carbons (Fsp3) is 0.263. The van der Waals surface area contributed by atoms with Crippen LogP contribution in [0.4, 0.5) is 11.4 Å². The highest BCUT2D eigenvalue weighted by Crippen LogP contribution is 2.26. The van der Waals surface area contributed by atoms with E-state index in [0.717, 1.165) is 0 Å². The van der Waals surface area contributed by atoms with Gasteiger partial charge in [0.15, 0.2) is 0 Å². The van der Waals surface area contributed by atoms with Gasteiger partial charge in [0.25, 0.3) is 11.6 Å². The summed E-state index contributed by atoms with van der Waals surface area (Å²) in [5.41, 5.74) is 0.584. The number of nitro groups is 1. The highest BCUT2D eigenvalue weighted by atomic mass is 35.5. The zero-order valence-electron chi connectivity index (χ0n) is 14.4. The maximum Gasteiger partial charge on any atom is 0.270 e. The van der Waals surface area contributed by atoms with E-state index in [2.05, 4.69) is 5.32 Å². The van der Waals surface area contributed by atoms with Gasteiger partial charge in [-0.3, -0.25) is 19.7 Å². The standard InChI is InChI=1S/C19H18ClN3O4/c20-17-9-8-15(23(26)27)11-16(17)19(25)22-10-4-5-13(12-22)18(24)21-14-6-2-1-3-7-14/h1-3,6-9,11,13H,4-5,10,12H2,(H,21,24). The van der Waals surface area contributed by atoms with Crippen molar-refractivity contribution in [2.45, 2.75) is 12.8 Å². The van der Waals surface area contributed by atoms with E-state index in [1.165, 1.54) is 23.1 Å². The van der Waals surface area contributed by atoms with E-state index >= 15 is 0 Å². The van der Waals surface area contributed by atoms with Gasteiger partial charge in [-0.15, -0.1) is 0 Å². The van der Waals surface area contributed by atoms with Gasteiger partial charge in [-0.1, -0.05) is 29.8 Å². The summed E-state index contributed by atoms with van der Waals surface area (Å²) >= 11 is 6.07. The molecule has 1 aliphatic rings. The molecule has 1 fully saturated rings. The van der Waals surface area contributed by atoms with Gasteiger partial charge in [-0.2, -0.15) is 0 Å². The number of anilines is 1. The third-order valence-corrected chi connectivity index (χ3v) is 4.84. The summed E-state index contributed by atoms with van der Waals surface area (Å²) < 4.78 is 0. The number of nitrogens with one attached hydrogen (secondary N) is 1. The van der Waals surface area contributed by atoms with Crippen molar-refractivity contribution in [1.29, 1.82) is 0 Å². The second-order valence-corrected chi connectivity index (χ2v) is 6.77. The molecule has 1 aliphatic heterocycles. The molecule has 0 aliphatic carbocycles. The van der Waals surface area contributed by atoms with E-state index in [1.54, 1.807) is 12.1 Å². The first-order chi connectivity index (χ1) is 13.0. The van der Waals surface area contributed by atoms with Crippen LogP contribution in [0.1, 0.15) is 23.2 Å². The Morgan fingerprint density at radius 3 is 2.63 bits per heavy atom. The topological polar surface area (TPSA) is 92.6 Å². The Morgan fingerprint density at radius 2 is 1.93 bits per heavy atom. The second kappa shape index (κ2) is 8.18. The van der Waals surface area contributed by atoms with Gasteiger partial charge >= 0.3 is 0 Å². The van der Waals surface area contributed by atoms with Crippen LogP contribution in [0.2, 0.25) is 5.02 Å². The Kier molecular flexibility index (Phi) is 5.71. The van der Waals surface area contributed by atoms with Crippen molar-refractivity contribution in [3.63, 3.8) is 0 Å². The normalized spacial score (nSPS) is 16.6. The number of non-ortho nitro benzene ring substituents is 1. The molecule has 3 rings (SSSR count). The number of rotatable bonds is 4. The van der Waals surface area contributed by atoms with Gasteiger partial charge in [0.1, 0.15) is 0 Å². The van der Waals surface area contributed by atoms with Crippen molar-refractivity contribution in [1.82, 2.24) is 4.90 Å². The Bertz CT molecular complexity index is 873. The van der Waals surface area contributed by atoms with Gasteiger partial charge < -0.3 is 10.2 Å². The number of nitro benzene ring substituents is 1. The summed E-state index contributed by atoms with van der Waals surface area (Å²) in [6, 6.07) is 12.9. The minimum atomic E-state index is -0.570. The Morgan fingerprint density at radius 1 is 1.19 bits per heavy atom. The average molecular weight is 388 g/mol. The van der Waals surface area contributed by atoms with Crippen molar-refractivity contribution in [2.75, 3.05) is 18.4 Å². The van der Waals surface area contributed by atoms with Crippen LogP contribution in [-0.2, 0) is 4.79 Å². The first-order valence-electron chi connectivity index (χ1n) is 8.55. The molecule has 1 unspecified atom stereocenters. The van der Waals surface area contributed by atoms with E-state index in [-0.39, 0.29) is 34.6 Å². The van der Waals surface area contributed by atoms with E-state index in [0.29, 0.717) is 25.1 Å². The number of piperidine rings is 1. The molecule has 1 N–H and O–H groups in total. The Hall–Kier alpha value is -2.93. The lowest BCUT2D eigenvalue weighted by Crippen LogP contribution is -2.43. The lowest BCUT2D eigenvalue weighted by molar-refractivity contribution is -0.384. The predicted octanol–water partition coefficient (Wildman–Crippen LogP) is 3.74. The molecule has 27 heavy (non-hydrogen) atoms. The van der Waals surface area contributed by atoms with Gasteiger partial charge in [0.05, 0.1) is 21.4 Å². The monoisotopic (exact) mass is 387 g/mol. The SMILES string of the molecule is O=C(Nc1ccccc1)C1CCCN(C(=O)c2cc([N+](=O)[O-])ccc2Cl)C1. The number of hydrogen-bond donors (Lipinski definition) is 1. The molecule has 1 atom stereocenters. The van der Waals surface area contributed by atoms with Crippen LogP contribution in [0.5, 0.6) is 0 Å². The lowest BCUT2D eigenvalue weighted by Gasteiger charge is -2.32. The molecule has 2 aromatic carbocycles. The number of amides is 2. The Labute approximate surface area is 161 Å². The third-order valence-electron chi connectivity index (χ3n) is 4.51.